The molecule has 2 heterocycles. The molecule has 1 fully saturated rings. The summed E-state index contributed by atoms with van der Waals surface area (Å²) in [6, 6.07) is 2.52. The molecule has 1 N–H and O–H groups in total. The second-order valence-corrected chi connectivity index (χ2v) is 5.69. The van der Waals surface area contributed by atoms with E-state index >= 15 is 0 Å². The summed E-state index contributed by atoms with van der Waals surface area (Å²) < 4.78 is 2.02. The highest BCUT2D eigenvalue weighted by Gasteiger charge is 2.17. The summed E-state index contributed by atoms with van der Waals surface area (Å²) in [6.45, 7) is 4.54. The Bertz CT molecular complexity index is 421. The van der Waals surface area contributed by atoms with Gasteiger partial charge in [-0.25, -0.2) is 0 Å². The molecule has 0 aromatic carbocycles. The first-order valence-corrected chi connectivity index (χ1v) is 7.85. The third-order valence-corrected chi connectivity index (χ3v) is 4.13. The zero-order chi connectivity index (χ0) is 14.4. The lowest BCUT2D eigenvalue weighted by molar-refractivity contribution is -0.132. The maximum atomic E-state index is 12.2. The summed E-state index contributed by atoms with van der Waals surface area (Å²) >= 11 is 0. The number of carbonyl (C=O) groups is 1. The van der Waals surface area contributed by atoms with E-state index in [9.17, 15) is 4.79 Å². The Morgan fingerprint density at radius 1 is 1.35 bits per heavy atom. The Morgan fingerprint density at radius 2 is 2.10 bits per heavy atom. The molecule has 0 saturated carbocycles. The van der Waals surface area contributed by atoms with Gasteiger partial charge in [0, 0.05) is 31.5 Å². The number of piperidine rings is 1. The van der Waals surface area contributed by atoms with Crippen molar-refractivity contribution >= 4 is 5.91 Å². The van der Waals surface area contributed by atoms with E-state index in [0.29, 0.717) is 12.6 Å². The summed E-state index contributed by atoms with van der Waals surface area (Å²) in [5.41, 5.74) is 1.28. The molecule has 1 aromatic heterocycles. The molecule has 1 unspecified atom stereocenters. The van der Waals surface area contributed by atoms with Gasteiger partial charge in [0.2, 0.25) is 5.91 Å². The fourth-order valence-corrected chi connectivity index (χ4v) is 2.93. The molecule has 0 aliphatic carbocycles. The van der Waals surface area contributed by atoms with Crippen LogP contribution >= 0.6 is 0 Å². The zero-order valence-corrected chi connectivity index (χ0v) is 12.8. The van der Waals surface area contributed by atoms with Crippen LogP contribution < -0.4 is 5.32 Å². The minimum atomic E-state index is 0.253. The molecular formula is C16H27N3O. The van der Waals surface area contributed by atoms with Gasteiger partial charge in [-0.05, 0) is 44.4 Å². The molecule has 4 nitrogen and oxygen atoms in total. The molecule has 2 rings (SSSR count). The first-order valence-electron chi connectivity index (χ1n) is 7.85. The number of likely N-dealkylation sites (tertiary alicyclic amines) is 1. The first kappa shape index (κ1) is 15.1. The molecular weight excluding hydrogens is 250 g/mol. The third kappa shape index (κ3) is 3.85. The van der Waals surface area contributed by atoms with Crippen LogP contribution in [0.25, 0.3) is 0 Å². The highest BCUT2D eigenvalue weighted by Crippen LogP contribution is 2.18. The van der Waals surface area contributed by atoms with Gasteiger partial charge in [0.05, 0.1) is 0 Å². The molecule has 20 heavy (non-hydrogen) atoms. The molecule has 1 amide bonds. The van der Waals surface area contributed by atoms with Gasteiger partial charge in [0.25, 0.3) is 0 Å². The second kappa shape index (κ2) is 7.48. The van der Waals surface area contributed by atoms with Crippen LogP contribution in [0.2, 0.25) is 0 Å². The van der Waals surface area contributed by atoms with Gasteiger partial charge < -0.3 is 14.8 Å². The van der Waals surface area contributed by atoms with E-state index in [1.807, 2.05) is 22.7 Å². The highest BCUT2D eigenvalue weighted by molar-refractivity contribution is 5.76. The molecule has 1 aromatic rings. The first-order chi connectivity index (χ1) is 9.74. The van der Waals surface area contributed by atoms with Crippen LogP contribution in [0.1, 0.15) is 50.6 Å². The topological polar surface area (TPSA) is 37.3 Å². The van der Waals surface area contributed by atoms with Crippen molar-refractivity contribution in [1.29, 1.82) is 0 Å². The summed E-state index contributed by atoms with van der Waals surface area (Å²) in [5.74, 6) is 0.253. The second-order valence-electron chi connectivity index (χ2n) is 5.69. The number of hydrogen-bond donors (Lipinski definition) is 1. The van der Waals surface area contributed by atoms with Crippen molar-refractivity contribution < 1.29 is 4.79 Å². The minimum Gasteiger partial charge on any atom is -0.345 e. The fourth-order valence-electron chi connectivity index (χ4n) is 2.93. The summed E-state index contributed by atoms with van der Waals surface area (Å²) in [5, 5.41) is 3.34. The molecule has 1 aliphatic rings. The van der Waals surface area contributed by atoms with Crippen molar-refractivity contribution in [3.8, 4) is 0 Å². The van der Waals surface area contributed by atoms with Crippen molar-refractivity contribution in [1.82, 2.24) is 14.8 Å². The molecule has 1 saturated heterocycles. The smallest absolute Gasteiger partial charge is 0.242 e. The van der Waals surface area contributed by atoms with E-state index in [2.05, 4.69) is 24.5 Å². The number of rotatable bonds is 6. The van der Waals surface area contributed by atoms with Crippen LogP contribution in [0.3, 0.4) is 0 Å². The Balaban J connectivity index is 1.93. The predicted molar refractivity (Wildman–Crippen MR) is 81.6 cm³/mol. The van der Waals surface area contributed by atoms with Gasteiger partial charge in [-0.15, -0.1) is 0 Å². The molecule has 0 bridgehead atoms. The lowest BCUT2D eigenvalue weighted by atomic mass is 10.1. The lowest BCUT2D eigenvalue weighted by Gasteiger charge is -2.26. The lowest BCUT2D eigenvalue weighted by Crippen LogP contribution is -2.37. The SMILES string of the molecule is CCCC(NC)c1ccn(CC(=O)N2CCCCC2)c1. The quantitative estimate of drug-likeness (QED) is 0.867. The van der Waals surface area contributed by atoms with Crippen LogP contribution in [0.5, 0.6) is 0 Å². The van der Waals surface area contributed by atoms with Gasteiger partial charge in [0.1, 0.15) is 6.54 Å². The van der Waals surface area contributed by atoms with E-state index in [-0.39, 0.29) is 5.91 Å². The van der Waals surface area contributed by atoms with Crippen LogP contribution in [-0.4, -0.2) is 35.5 Å². The molecule has 0 spiro atoms. The average Bonchev–Trinajstić information content (AvgIpc) is 2.94. The third-order valence-electron chi connectivity index (χ3n) is 4.13. The minimum absolute atomic E-state index is 0.253. The summed E-state index contributed by atoms with van der Waals surface area (Å²) in [6.07, 6.45) is 9.99. The van der Waals surface area contributed by atoms with E-state index in [0.717, 1.165) is 38.8 Å². The van der Waals surface area contributed by atoms with Crippen molar-refractivity contribution in [2.45, 2.75) is 51.6 Å². The van der Waals surface area contributed by atoms with Gasteiger partial charge in [-0.1, -0.05) is 13.3 Å². The van der Waals surface area contributed by atoms with Gasteiger partial charge >= 0.3 is 0 Å². The Labute approximate surface area is 122 Å². The number of carbonyl (C=O) groups excluding carboxylic acids is 1. The van der Waals surface area contributed by atoms with Crippen molar-refractivity contribution in [2.24, 2.45) is 0 Å². The van der Waals surface area contributed by atoms with Gasteiger partial charge in [0.15, 0.2) is 0 Å². The Hall–Kier alpha value is -1.29. The van der Waals surface area contributed by atoms with Crippen molar-refractivity contribution in [2.75, 3.05) is 20.1 Å². The molecule has 0 radical (unpaired) electrons. The molecule has 1 atom stereocenters. The van der Waals surface area contributed by atoms with Crippen molar-refractivity contribution in [3.63, 3.8) is 0 Å². The maximum Gasteiger partial charge on any atom is 0.242 e. The highest BCUT2D eigenvalue weighted by atomic mass is 16.2. The number of amides is 1. The average molecular weight is 277 g/mol. The van der Waals surface area contributed by atoms with Gasteiger partial charge in [-0.3, -0.25) is 4.79 Å². The predicted octanol–water partition coefficient (Wildman–Crippen LogP) is 2.56. The number of nitrogens with zero attached hydrogens (tertiary/aromatic N) is 2. The summed E-state index contributed by atoms with van der Waals surface area (Å²) in [4.78, 5) is 14.2. The molecule has 112 valence electrons. The monoisotopic (exact) mass is 277 g/mol. The number of hydrogen-bond acceptors (Lipinski definition) is 2. The normalized spacial score (nSPS) is 17.2. The van der Waals surface area contributed by atoms with Crippen LogP contribution in [0.4, 0.5) is 0 Å². The maximum absolute atomic E-state index is 12.2. The van der Waals surface area contributed by atoms with E-state index < -0.39 is 0 Å². The fraction of sp³-hybridized carbons (Fsp3) is 0.688. The largest absolute Gasteiger partial charge is 0.345 e. The number of aromatic nitrogens is 1. The van der Waals surface area contributed by atoms with Crippen LogP contribution in [0.15, 0.2) is 18.5 Å². The standard InChI is InChI=1S/C16H27N3O/c1-3-7-15(17-2)14-8-11-18(12-14)13-16(20)19-9-5-4-6-10-19/h8,11-12,15,17H,3-7,9-10,13H2,1-2H3. The van der Waals surface area contributed by atoms with E-state index in [4.69, 9.17) is 0 Å². The van der Waals surface area contributed by atoms with Gasteiger partial charge in [-0.2, -0.15) is 0 Å². The zero-order valence-electron chi connectivity index (χ0n) is 12.8. The molecule has 1 aliphatic heterocycles. The van der Waals surface area contributed by atoms with Crippen LogP contribution in [-0.2, 0) is 11.3 Å². The van der Waals surface area contributed by atoms with Crippen molar-refractivity contribution in [3.05, 3.63) is 24.0 Å². The Morgan fingerprint density at radius 3 is 2.75 bits per heavy atom. The summed E-state index contributed by atoms with van der Waals surface area (Å²) in [7, 11) is 2.00. The van der Waals surface area contributed by atoms with E-state index in [1.165, 1.54) is 12.0 Å². The number of nitrogens with one attached hydrogen (secondary N) is 1. The van der Waals surface area contributed by atoms with E-state index in [1.54, 1.807) is 0 Å². The Kier molecular flexibility index (Phi) is 5.65. The molecule has 4 heteroatoms. The van der Waals surface area contributed by atoms with Crippen LogP contribution in [0, 0.1) is 0 Å².